The summed E-state index contributed by atoms with van der Waals surface area (Å²) in [6, 6.07) is 0. The molecule has 0 bridgehead atoms. The van der Waals surface area contributed by atoms with E-state index in [1.54, 1.807) is 0 Å². The molecule has 51 valence electrons. The van der Waals surface area contributed by atoms with Crippen LogP contribution in [0.15, 0.2) is 0 Å². The van der Waals surface area contributed by atoms with Gasteiger partial charge in [-0.3, -0.25) is 0 Å². The smallest absolute Gasteiger partial charge is 0.665 e. The van der Waals surface area contributed by atoms with Gasteiger partial charge in [0.2, 0.25) is 0 Å². The Labute approximate surface area is 56.2 Å². The Bertz CT molecular complexity index is 49.3. The van der Waals surface area contributed by atoms with Crippen LogP contribution in [0.2, 0.25) is 0 Å². The Morgan fingerprint density at radius 3 is 1.62 bits per heavy atom. The van der Waals surface area contributed by atoms with Gasteiger partial charge in [0.05, 0.1) is 0 Å². The largest absolute Gasteiger partial charge is 2.00 e. The second kappa shape index (κ2) is 32.2. The van der Waals surface area contributed by atoms with Crippen LogP contribution in [0.1, 0.15) is 0 Å². The molecule has 0 amide bonds. The van der Waals surface area contributed by atoms with Crippen LogP contribution in [0.25, 0.3) is 0 Å². The van der Waals surface area contributed by atoms with Crippen LogP contribution in [0.4, 0.5) is 0 Å². The third kappa shape index (κ3) is 602. The van der Waals surface area contributed by atoms with E-state index in [9.17, 15) is 0 Å². The molecule has 6 heteroatoms. The Kier molecular flexibility index (Phi) is 63.0. The first-order chi connectivity index (χ1) is 3.33. The first kappa shape index (κ1) is 15.7. The van der Waals surface area contributed by atoms with Gasteiger partial charge in [0.25, 0.3) is 0 Å². The summed E-state index contributed by atoms with van der Waals surface area (Å²) in [5.74, 6) is 4.10. The molecule has 0 fully saturated rings. The zero-order valence-electron chi connectivity index (χ0n) is 3.55. The SMILES string of the molecule is NO[C-]=O.O=[C-]O.[Cu+2]. The van der Waals surface area contributed by atoms with Gasteiger partial charge in [0.15, 0.2) is 0 Å². The summed E-state index contributed by atoms with van der Waals surface area (Å²) in [6.45, 7) is 1.46. The van der Waals surface area contributed by atoms with E-state index < -0.39 is 0 Å². The molecule has 0 aliphatic carbocycles. The fraction of sp³-hybridized carbons (Fsp3) is 0. The summed E-state index contributed by atoms with van der Waals surface area (Å²) < 4.78 is 0. The monoisotopic (exact) mass is 168 g/mol. The average molecular weight is 169 g/mol. The summed E-state index contributed by atoms with van der Waals surface area (Å²) in [6.07, 6.45) is 0. The van der Waals surface area contributed by atoms with Crippen molar-refractivity contribution in [2.75, 3.05) is 0 Å². The molecule has 0 aliphatic rings. The van der Waals surface area contributed by atoms with E-state index in [0.717, 1.165) is 6.47 Å². The Hall–Kier alpha value is -0.581. The third-order valence-corrected chi connectivity index (χ3v) is 0.0481. The minimum absolute atomic E-state index is 0. The molecule has 5 nitrogen and oxygen atoms in total. The van der Waals surface area contributed by atoms with Gasteiger partial charge in [0, 0.05) is 0 Å². The fourth-order valence-electron chi connectivity index (χ4n) is 0. The molecule has 0 spiro atoms. The maximum atomic E-state index is 8.70. The van der Waals surface area contributed by atoms with Crippen molar-refractivity contribution in [3.8, 4) is 0 Å². The standard InChI is InChI=1S/CH2NO2.CHO2.Cu/c2-4-1-3;2-1-3;/h2H2;(H,2,3);/q2*-1;+2. The maximum Gasteiger partial charge on any atom is 2.00 e. The van der Waals surface area contributed by atoms with E-state index in [-0.39, 0.29) is 17.1 Å². The minimum atomic E-state index is 0. The van der Waals surface area contributed by atoms with Crippen molar-refractivity contribution in [2.45, 2.75) is 0 Å². The van der Waals surface area contributed by atoms with Gasteiger partial charge in [-0.2, -0.15) is 0 Å². The molecule has 0 atom stereocenters. The average Bonchev–Trinajstić information content (AvgIpc) is 1.69. The second-order valence-electron chi connectivity index (χ2n) is 0.292. The zero-order chi connectivity index (χ0) is 6.12. The van der Waals surface area contributed by atoms with Crippen molar-refractivity contribution in [3.05, 3.63) is 0 Å². The second-order valence-corrected chi connectivity index (χ2v) is 0.292. The zero-order valence-corrected chi connectivity index (χ0v) is 4.49. The number of rotatable bonds is 1. The van der Waals surface area contributed by atoms with Crippen LogP contribution in [-0.4, -0.2) is 18.1 Å². The van der Waals surface area contributed by atoms with Gasteiger partial charge in [0.1, 0.15) is 0 Å². The molecule has 0 aromatic heterocycles. The predicted octanol–water partition coefficient (Wildman–Crippen LogP) is -1.45. The molecule has 3 N–H and O–H groups in total. The van der Waals surface area contributed by atoms with Crippen molar-refractivity contribution >= 4 is 12.9 Å². The molecule has 0 aliphatic heterocycles. The molecule has 0 unspecified atom stereocenters. The molecule has 0 aromatic carbocycles. The molecule has 0 saturated heterocycles. The number of carbonyl (C=O) groups excluding carboxylic acids is 1. The van der Waals surface area contributed by atoms with Gasteiger partial charge >= 0.3 is 17.1 Å². The molecule has 0 heterocycles. The van der Waals surface area contributed by atoms with Crippen molar-refractivity contribution in [2.24, 2.45) is 5.90 Å². The molecular weight excluding hydrogens is 166 g/mol. The first-order valence-corrected chi connectivity index (χ1v) is 1.07. The van der Waals surface area contributed by atoms with Gasteiger partial charge in [-0.15, -0.1) is 0 Å². The van der Waals surface area contributed by atoms with Crippen molar-refractivity contribution < 1.29 is 36.6 Å². The van der Waals surface area contributed by atoms with E-state index in [0.29, 0.717) is 6.47 Å². The molecule has 8 heavy (non-hydrogen) atoms. The molecule has 0 aromatic rings. The topological polar surface area (TPSA) is 89.6 Å². The summed E-state index contributed by atoms with van der Waals surface area (Å²) >= 11 is 0. The van der Waals surface area contributed by atoms with E-state index in [4.69, 9.17) is 14.7 Å². The third-order valence-electron chi connectivity index (χ3n) is 0.0481. The van der Waals surface area contributed by atoms with Crippen LogP contribution in [-0.2, 0) is 31.5 Å². The molecule has 1 radical (unpaired) electrons. The number of hydrogen-bond acceptors (Lipinski definition) is 4. The molecule has 0 rings (SSSR count). The first-order valence-electron chi connectivity index (χ1n) is 1.07. The van der Waals surface area contributed by atoms with Crippen LogP contribution in [0.5, 0.6) is 0 Å². The maximum absolute atomic E-state index is 8.70. The fourth-order valence-corrected chi connectivity index (χ4v) is 0. The van der Waals surface area contributed by atoms with Gasteiger partial charge in [-0.25, -0.2) is 5.90 Å². The molecular formula is C2H3CuNO4. The number of hydrogen-bond donors (Lipinski definition) is 2. The predicted molar refractivity (Wildman–Crippen MR) is 19.3 cm³/mol. The summed E-state index contributed by atoms with van der Waals surface area (Å²) in [4.78, 5) is 20.2. The van der Waals surface area contributed by atoms with E-state index >= 15 is 0 Å². The van der Waals surface area contributed by atoms with Gasteiger partial charge in [-0.1, -0.05) is 6.47 Å². The van der Waals surface area contributed by atoms with Crippen LogP contribution < -0.4 is 5.90 Å². The van der Waals surface area contributed by atoms with Crippen molar-refractivity contribution in [3.63, 3.8) is 0 Å². The minimum Gasteiger partial charge on any atom is -0.665 e. The Balaban J connectivity index is -0.0000000575. The van der Waals surface area contributed by atoms with Gasteiger partial charge < -0.3 is 19.5 Å². The summed E-state index contributed by atoms with van der Waals surface area (Å²) in [5.41, 5.74) is 0. The number of nitrogens with two attached hydrogens (primary N) is 1. The van der Waals surface area contributed by atoms with E-state index in [1.807, 2.05) is 0 Å². The Morgan fingerprint density at radius 1 is 1.50 bits per heavy atom. The van der Waals surface area contributed by atoms with Crippen LogP contribution in [0.3, 0.4) is 0 Å². The van der Waals surface area contributed by atoms with E-state index in [2.05, 4.69) is 10.7 Å². The normalized spacial score (nSPS) is 4.12. The quantitative estimate of drug-likeness (QED) is 0.284. The molecule has 0 saturated carbocycles. The Morgan fingerprint density at radius 2 is 1.62 bits per heavy atom. The number of aliphatic hydroxyl groups excluding tert-OH is 1. The van der Waals surface area contributed by atoms with Crippen LogP contribution in [0, 0.1) is 0 Å². The van der Waals surface area contributed by atoms with Crippen LogP contribution >= 0.6 is 0 Å². The van der Waals surface area contributed by atoms with Crippen molar-refractivity contribution in [1.29, 1.82) is 0 Å². The van der Waals surface area contributed by atoms with E-state index in [1.165, 1.54) is 0 Å². The summed E-state index contributed by atoms with van der Waals surface area (Å²) in [5, 5.41) is 6.76. The summed E-state index contributed by atoms with van der Waals surface area (Å²) in [7, 11) is 0. The van der Waals surface area contributed by atoms with Crippen molar-refractivity contribution in [1.82, 2.24) is 0 Å². The van der Waals surface area contributed by atoms with Gasteiger partial charge in [-0.05, 0) is 6.47 Å².